The van der Waals surface area contributed by atoms with E-state index in [9.17, 15) is 53.1 Å². The fraction of sp³-hybridized carbons (Fsp3) is 0.776. The second-order valence-corrected chi connectivity index (χ2v) is 25.9. The highest BCUT2D eigenvalue weighted by Gasteiger charge is 2.54. The molecule has 6 N–H and O–H groups in total. The molecular formula is C58H95N5O19S. The number of aromatic carboxylic acids is 1. The fourth-order valence-electron chi connectivity index (χ4n) is 12.0. The van der Waals surface area contributed by atoms with E-state index in [1.54, 1.807) is 79.3 Å². The number of oxime groups is 1. The maximum absolute atomic E-state index is 14.7. The van der Waals surface area contributed by atoms with E-state index in [1.807, 2.05) is 38.9 Å². The molecule has 0 radical (unpaired) electrons. The number of aliphatic hydroxyl groups is 4. The Balaban J connectivity index is 1.41. The molecule has 3 saturated heterocycles. The summed E-state index contributed by atoms with van der Waals surface area (Å²) < 4.78 is 73.6. The van der Waals surface area contributed by atoms with Crippen LogP contribution in [0.3, 0.4) is 0 Å². The number of benzene rings is 1. The van der Waals surface area contributed by atoms with Crippen LogP contribution in [0, 0.1) is 23.7 Å². The van der Waals surface area contributed by atoms with Gasteiger partial charge in [-0.1, -0.05) is 38.9 Å². The van der Waals surface area contributed by atoms with Crippen LogP contribution in [0.1, 0.15) is 124 Å². The zero-order chi connectivity index (χ0) is 62.3. The van der Waals surface area contributed by atoms with Crippen LogP contribution in [0.15, 0.2) is 34.3 Å². The van der Waals surface area contributed by atoms with Gasteiger partial charge in [-0.05, 0) is 119 Å². The molecule has 25 heteroatoms. The molecule has 2 aromatic rings. The highest BCUT2D eigenvalue weighted by molar-refractivity contribution is 7.86. The molecule has 3 fully saturated rings. The molecule has 18 atom stereocenters. The number of cyclic esters (lactones) is 1. The van der Waals surface area contributed by atoms with Crippen molar-refractivity contribution in [2.75, 3.05) is 60.7 Å². The second-order valence-electron chi connectivity index (χ2n) is 24.1. The van der Waals surface area contributed by atoms with Crippen molar-refractivity contribution in [3.63, 3.8) is 0 Å². The number of nitrogens with one attached hydrogen (secondary N) is 1. The van der Waals surface area contributed by atoms with Gasteiger partial charge in [-0.3, -0.25) is 18.6 Å². The van der Waals surface area contributed by atoms with Crippen LogP contribution in [0.2, 0.25) is 0 Å². The summed E-state index contributed by atoms with van der Waals surface area (Å²) in [6, 6.07) is 4.95. The van der Waals surface area contributed by atoms with E-state index in [4.69, 9.17) is 37.4 Å². The number of ether oxygens (including phenoxy) is 6. The van der Waals surface area contributed by atoms with Crippen LogP contribution in [-0.4, -0.2) is 217 Å². The van der Waals surface area contributed by atoms with Crippen molar-refractivity contribution < 1.29 is 85.8 Å². The van der Waals surface area contributed by atoms with Crippen molar-refractivity contribution in [2.45, 2.75) is 205 Å². The molecular weight excluding hydrogens is 1100 g/mol. The normalized spacial score (nSPS) is 35.7. The lowest BCUT2D eigenvalue weighted by molar-refractivity contribution is -0.316. The number of aliphatic hydroxyl groups excluding tert-OH is 2. The van der Waals surface area contributed by atoms with Gasteiger partial charge in [0.1, 0.15) is 29.5 Å². The molecule has 5 rings (SSSR count). The van der Waals surface area contributed by atoms with Crippen LogP contribution in [-0.2, 0) is 70.1 Å². The number of aryl methyl sites for hydroxylation is 2. The van der Waals surface area contributed by atoms with E-state index in [0.29, 0.717) is 43.3 Å². The summed E-state index contributed by atoms with van der Waals surface area (Å²) >= 11 is 0. The topological polar surface area (TPSA) is 313 Å². The monoisotopic (exact) mass is 1200 g/mol. The third-order valence-corrected chi connectivity index (χ3v) is 18.2. The lowest BCUT2D eigenvalue weighted by Gasteiger charge is -2.49. The molecule has 0 unspecified atom stereocenters. The minimum Gasteiger partial charge on any atom is -0.477 e. The lowest BCUT2D eigenvalue weighted by atomic mass is 9.73. The van der Waals surface area contributed by atoms with Gasteiger partial charge in [0.05, 0.1) is 64.6 Å². The van der Waals surface area contributed by atoms with E-state index in [0.717, 1.165) is 5.56 Å². The molecule has 3 aliphatic rings. The van der Waals surface area contributed by atoms with Crippen molar-refractivity contribution in [3.05, 3.63) is 45.7 Å². The Labute approximate surface area is 489 Å². The minimum atomic E-state index is -4.24. The van der Waals surface area contributed by atoms with E-state index in [-0.39, 0.29) is 37.1 Å². The summed E-state index contributed by atoms with van der Waals surface area (Å²) in [7, 11) is 3.92. The van der Waals surface area contributed by atoms with Crippen LogP contribution >= 0.6 is 0 Å². The highest BCUT2D eigenvalue weighted by Crippen LogP contribution is 2.42. The van der Waals surface area contributed by atoms with Crippen LogP contribution in [0.5, 0.6) is 0 Å². The van der Waals surface area contributed by atoms with Gasteiger partial charge in [0.15, 0.2) is 19.2 Å². The van der Waals surface area contributed by atoms with E-state index in [1.165, 1.54) is 32.1 Å². The number of hydrogen-bond donors (Lipinski definition) is 6. The third-order valence-electron chi connectivity index (χ3n) is 17.0. The smallest absolute Gasteiger partial charge is 0.341 e. The Bertz CT molecular complexity index is 2720. The fourth-order valence-corrected chi connectivity index (χ4v) is 13.2. The van der Waals surface area contributed by atoms with Crippen molar-refractivity contribution in [2.24, 2.45) is 28.8 Å². The molecule has 1 aromatic heterocycles. The van der Waals surface area contributed by atoms with E-state index >= 15 is 0 Å². The number of rotatable bonds is 21. The number of carbonyl (C=O) groups is 3. The first kappa shape index (κ1) is 69.6. The lowest BCUT2D eigenvalue weighted by Crippen LogP contribution is -2.61. The number of amides is 1. The van der Waals surface area contributed by atoms with Crippen molar-refractivity contribution in [1.29, 1.82) is 0 Å². The zero-order valence-corrected chi connectivity index (χ0v) is 52.2. The number of hydrogen-bond acceptors (Lipinski definition) is 21. The summed E-state index contributed by atoms with van der Waals surface area (Å²) in [5.74, 6) is -6.94. The minimum absolute atomic E-state index is 0.0313. The molecule has 0 bridgehead atoms. The number of esters is 1. The van der Waals surface area contributed by atoms with E-state index in [2.05, 4.69) is 10.5 Å². The number of carboxylic acids is 1. The number of aromatic nitrogens is 1. The number of carboxylic acid groups (broad SMARTS) is 1. The number of methoxy groups -OCH3 is 1. The van der Waals surface area contributed by atoms with Crippen LogP contribution in [0.25, 0.3) is 10.9 Å². The number of likely N-dealkylation sites (N-methyl/N-ethyl adjacent to an activating group) is 2. The zero-order valence-electron chi connectivity index (χ0n) is 51.4. The molecule has 0 saturated carbocycles. The Morgan fingerprint density at radius 2 is 1.60 bits per heavy atom. The third kappa shape index (κ3) is 16.9. The highest BCUT2D eigenvalue weighted by atomic mass is 32.2. The first-order valence-corrected chi connectivity index (χ1v) is 30.5. The van der Waals surface area contributed by atoms with Gasteiger partial charge in [0, 0.05) is 76.1 Å². The Morgan fingerprint density at radius 1 is 0.928 bits per heavy atom. The number of nitrogens with zero attached hydrogens (tertiary/aromatic N) is 4. The summed E-state index contributed by atoms with van der Waals surface area (Å²) in [6.07, 6.45) is -9.17. The molecule has 83 heavy (non-hydrogen) atoms. The van der Waals surface area contributed by atoms with Gasteiger partial charge in [-0.25, -0.2) is 4.79 Å². The van der Waals surface area contributed by atoms with Crippen LogP contribution in [0.4, 0.5) is 0 Å². The maximum Gasteiger partial charge on any atom is 0.341 e. The summed E-state index contributed by atoms with van der Waals surface area (Å²) in [6.45, 7) is 18.6. The Morgan fingerprint density at radius 3 is 2.20 bits per heavy atom. The summed E-state index contributed by atoms with van der Waals surface area (Å²) in [5, 5.41) is 66.5. The molecule has 472 valence electrons. The molecule has 24 nitrogen and oxygen atoms in total. The average Bonchev–Trinajstić information content (AvgIpc) is 3.61. The Hall–Kier alpha value is -4.22. The van der Waals surface area contributed by atoms with Gasteiger partial charge in [-0.2, -0.15) is 8.42 Å². The first-order valence-electron chi connectivity index (χ1n) is 28.9. The van der Waals surface area contributed by atoms with Gasteiger partial charge < -0.3 is 78.5 Å². The molecule has 1 amide bonds. The van der Waals surface area contributed by atoms with Crippen LogP contribution < -0.4 is 10.7 Å². The number of pyridine rings is 1. The van der Waals surface area contributed by atoms with Gasteiger partial charge >= 0.3 is 11.9 Å². The standard InChI is InChI=1S/C58H95N5O19S/c1-17-43-58(11,72)50(67)34(5)46(60-76-31-44(64)62(14)15)32(3)28-56(9,71)51(81-55-48(66)42(61(12)13)26-33(4)77-55)35(6)49(36(7)54(70)79-43)80-45-29-57(10,75-16)52(37(8)78-45)82-83(73,74)25-24-59-23-19-20-38-21-22-41-39(27-38)47(65)40(53(68)69)30-63(41)18-2/h21-22,27,30,32-37,42-43,45,48-52,55,59,66-67,71-72H,17-20,23-26,28-29,31H2,1-16H3,(H,68,69)/b60-46+/t32-,33-,34+,35+,36-,37+,42+,43-,45+,48-,49+,50-,51-,52+,55+,56-,57-,58-/m1/s1. The molecule has 0 spiro atoms. The number of fused-ring (bicyclic) bond motifs is 1. The first-order chi connectivity index (χ1) is 38.6. The molecule has 3 aliphatic heterocycles. The number of carbonyl (C=O) groups excluding carboxylic acids is 2. The average molecular weight is 1200 g/mol. The van der Waals surface area contributed by atoms with Crippen molar-refractivity contribution in [3.8, 4) is 0 Å². The summed E-state index contributed by atoms with van der Waals surface area (Å²) in [5.41, 5.74) is -4.64. The predicted octanol–water partition coefficient (Wildman–Crippen LogP) is 3.29. The Kier molecular flexibility index (Phi) is 24.3. The molecule has 4 heterocycles. The van der Waals surface area contributed by atoms with E-state index < -0.39 is 154 Å². The van der Waals surface area contributed by atoms with Gasteiger partial charge in [-0.15, -0.1) is 0 Å². The predicted molar refractivity (Wildman–Crippen MR) is 308 cm³/mol. The van der Waals surface area contributed by atoms with Gasteiger partial charge in [0.25, 0.3) is 16.0 Å². The largest absolute Gasteiger partial charge is 0.477 e. The van der Waals surface area contributed by atoms with Crippen molar-refractivity contribution in [1.82, 2.24) is 19.7 Å². The summed E-state index contributed by atoms with van der Waals surface area (Å²) in [4.78, 5) is 60.9. The second kappa shape index (κ2) is 29.0. The van der Waals surface area contributed by atoms with Crippen molar-refractivity contribution >= 4 is 44.6 Å². The molecule has 0 aliphatic carbocycles. The SMILES string of the molecule is CC[C@H]1OC(=O)[C@H](C)[C@@H](O[C@H]2C[C@@](C)(OC)[C@@H](OS(=O)(=O)CCNCCCc3ccc4c(c3)c(=O)c(C(=O)O)cn4CC)[C@H](C)O2)[C@H](C)[C@@H](O[C@@H]2O[C@H](C)C[C@H](N(C)C)[C@H]2O)[C@](C)(O)C[C@@H](C)/C(=N\OCC(=O)N(C)C)[C@H](C)[C@@H](O)[C@]1(C)O. The molecule has 1 aromatic carbocycles. The van der Waals surface area contributed by atoms with Gasteiger partial charge in [0.2, 0.25) is 5.43 Å². The quantitative estimate of drug-likeness (QED) is 0.0452. The maximum atomic E-state index is 14.7.